The van der Waals surface area contributed by atoms with Gasteiger partial charge in [0.05, 0.1) is 24.9 Å². The summed E-state index contributed by atoms with van der Waals surface area (Å²) >= 11 is 0. The molecule has 0 saturated heterocycles. The van der Waals surface area contributed by atoms with Gasteiger partial charge in [0.25, 0.3) is 0 Å². The van der Waals surface area contributed by atoms with Crippen LogP contribution in [0.4, 0.5) is 0 Å². The van der Waals surface area contributed by atoms with Crippen LogP contribution in [0.1, 0.15) is 220 Å². The minimum Gasteiger partial charge on any atom is -0.462 e. The van der Waals surface area contributed by atoms with Crippen LogP contribution in [0.5, 0.6) is 0 Å². The van der Waals surface area contributed by atoms with E-state index in [1.165, 1.54) is 109 Å². The van der Waals surface area contributed by atoms with Crippen LogP contribution in [0.25, 0.3) is 0 Å². The summed E-state index contributed by atoms with van der Waals surface area (Å²) in [6, 6.07) is 0. The number of Topliss-reactive ketones (excluding diaryl/α,β-unsaturated/α-hetero) is 1. The lowest BCUT2D eigenvalue weighted by molar-refractivity contribution is -0.161. The molecule has 1 saturated carbocycles. The topological polar surface area (TPSA) is 151 Å². The van der Waals surface area contributed by atoms with Crippen molar-refractivity contribution >= 4 is 17.7 Å². The van der Waals surface area contributed by atoms with Crippen LogP contribution in [0, 0.1) is 17.8 Å². The lowest BCUT2D eigenvalue weighted by Gasteiger charge is -2.20. The van der Waals surface area contributed by atoms with Crippen molar-refractivity contribution in [3.8, 4) is 0 Å². The first-order valence-electron chi connectivity index (χ1n) is 23.8. The summed E-state index contributed by atoms with van der Waals surface area (Å²) in [6.45, 7) is 6.13. The van der Waals surface area contributed by atoms with Gasteiger partial charge in [-0.2, -0.15) is 0 Å². The Bertz CT molecular complexity index is 1020. The van der Waals surface area contributed by atoms with E-state index in [4.69, 9.17) is 9.47 Å². The quantitative estimate of drug-likeness (QED) is 0.0270. The molecule has 0 aromatic rings. The second-order valence-corrected chi connectivity index (χ2v) is 17.4. The van der Waals surface area contributed by atoms with Crippen LogP contribution < -0.4 is 0 Å². The molecule has 9 nitrogen and oxygen atoms in total. The predicted molar refractivity (Wildman–Crippen MR) is 231 cm³/mol. The molecular weight excluding hydrogens is 721 g/mol. The molecule has 0 heterocycles. The molecule has 0 aromatic heterocycles. The molecule has 0 spiro atoms. The van der Waals surface area contributed by atoms with Gasteiger partial charge in [-0.3, -0.25) is 14.4 Å². The highest BCUT2D eigenvalue weighted by molar-refractivity contribution is 5.79. The zero-order valence-electron chi connectivity index (χ0n) is 36.9. The minimum atomic E-state index is -0.894. The molecule has 0 aliphatic heterocycles. The number of aliphatic hydroxyl groups excluding tert-OH is 4. The van der Waals surface area contributed by atoms with Gasteiger partial charge in [-0.15, -0.1) is 0 Å². The Labute approximate surface area is 348 Å². The van der Waals surface area contributed by atoms with Gasteiger partial charge in [0.15, 0.2) is 6.10 Å². The Hall–Kier alpha value is -1.81. The molecule has 1 aliphatic rings. The summed E-state index contributed by atoms with van der Waals surface area (Å²) in [6.07, 6.45) is 31.9. The molecule has 0 radical (unpaired) electrons. The first-order chi connectivity index (χ1) is 27.6. The van der Waals surface area contributed by atoms with E-state index in [9.17, 15) is 34.8 Å². The molecule has 0 amide bonds. The van der Waals surface area contributed by atoms with Gasteiger partial charge < -0.3 is 29.9 Å². The van der Waals surface area contributed by atoms with E-state index in [2.05, 4.69) is 20.8 Å². The largest absolute Gasteiger partial charge is 0.462 e. The Morgan fingerprint density at radius 2 is 1.14 bits per heavy atom. The number of esters is 2. The monoisotopic (exact) mass is 809 g/mol. The van der Waals surface area contributed by atoms with Gasteiger partial charge in [-0.05, 0) is 31.6 Å². The van der Waals surface area contributed by atoms with Crippen LogP contribution in [-0.2, 0) is 23.9 Å². The second kappa shape index (κ2) is 36.1. The Kier molecular flexibility index (Phi) is 33.7. The van der Waals surface area contributed by atoms with Crippen molar-refractivity contribution in [3.05, 3.63) is 12.2 Å². The van der Waals surface area contributed by atoms with Crippen molar-refractivity contribution in [1.82, 2.24) is 0 Å². The summed E-state index contributed by atoms with van der Waals surface area (Å²) in [4.78, 5) is 37.3. The van der Waals surface area contributed by atoms with E-state index in [1.54, 1.807) is 12.2 Å². The van der Waals surface area contributed by atoms with Crippen molar-refractivity contribution in [2.75, 3.05) is 13.2 Å². The second-order valence-electron chi connectivity index (χ2n) is 17.4. The van der Waals surface area contributed by atoms with E-state index >= 15 is 0 Å². The third-order valence-electron chi connectivity index (χ3n) is 12.1. The highest BCUT2D eigenvalue weighted by Crippen LogP contribution is 2.36. The molecular formula is C48H88O9. The number of rotatable bonds is 39. The highest BCUT2D eigenvalue weighted by Gasteiger charge is 2.41. The number of unbranched alkanes of at least 4 members (excludes halogenated alkanes) is 20. The number of ether oxygens (including phenoxy) is 2. The number of hydrogen-bond donors (Lipinski definition) is 4. The fourth-order valence-corrected chi connectivity index (χ4v) is 8.00. The molecule has 9 heteroatoms. The molecule has 4 N–H and O–H groups in total. The average Bonchev–Trinajstić information content (AvgIpc) is 3.46. The Morgan fingerprint density at radius 3 is 1.68 bits per heavy atom. The zero-order valence-corrected chi connectivity index (χ0v) is 36.9. The normalized spacial score (nSPS) is 19.8. The maximum absolute atomic E-state index is 12.7. The maximum Gasteiger partial charge on any atom is 0.306 e. The number of hydrogen-bond acceptors (Lipinski definition) is 9. The van der Waals surface area contributed by atoms with Crippen molar-refractivity contribution in [2.24, 2.45) is 17.8 Å². The predicted octanol–water partition coefficient (Wildman–Crippen LogP) is 10.7. The Balaban J connectivity index is 2.02. The third kappa shape index (κ3) is 29.1. The first kappa shape index (κ1) is 53.2. The lowest BCUT2D eigenvalue weighted by Crippen LogP contribution is -2.28. The summed E-state index contributed by atoms with van der Waals surface area (Å²) in [5, 5.41) is 40.8. The summed E-state index contributed by atoms with van der Waals surface area (Å²) in [5.41, 5.74) is 0. The fraction of sp³-hybridized carbons (Fsp3) is 0.896. The first-order valence-corrected chi connectivity index (χ1v) is 23.8. The van der Waals surface area contributed by atoms with Gasteiger partial charge in [0.1, 0.15) is 12.4 Å². The van der Waals surface area contributed by atoms with Crippen LogP contribution in [-0.4, -0.2) is 75.8 Å². The maximum atomic E-state index is 12.7. The van der Waals surface area contributed by atoms with Gasteiger partial charge in [0, 0.05) is 43.9 Å². The van der Waals surface area contributed by atoms with Gasteiger partial charge >= 0.3 is 11.9 Å². The molecule has 1 fully saturated rings. The smallest absolute Gasteiger partial charge is 0.306 e. The van der Waals surface area contributed by atoms with E-state index in [0.29, 0.717) is 19.3 Å². The molecule has 0 aromatic carbocycles. The molecule has 334 valence electrons. The third-order valence-corrected chi connectivity index (χ3v) is 12.1. The number of ketones is 1. The van der Waals surface area contributed by atoms with Crippen LogP contribution >= 0.6 is 0 Å². The molecule has 7 atom stereocenters. The summed E-state index contributed by atoms with van der Waals surface area (Å²) < 4.78 is 10.6. The van der Waals surface area contributed by atoms with E-state index in [1.807, 2.05) is 0 Å². The summed E-state index contributed by atoms with van der Waals surface area (Å²) in [5.74, 6) is -0.805. The number of carbonyl (C=O) groups excluding carboxylic acids is 3. The van der Waals surface area contributed by atoms with Crippen LogP contribution in [0.3, 0.4) is 0 Å². The van der Waals surface area contributed by atoms with Gasteiger partial charge in [-0.25, -0.2) is 0 Å². The molecule has 1 rings (SSSR count). The van der Waals surface area contributed by atoms with Crippen LogP contribution in [0.2, 0.25) is 0 Å². The van der Waals surface area contributed by atoms with Gasteiger partial charge in [0.2, 0.25) is 0 Å². The van der Waals surface area contributed by atoms with Gasteiger partial charge in [-0.1, -0.05) is 174 Å². The van der Waals surface area contributed by atoms with E-state index < -0.39 is 48.9 Å². The van der Waals surface area contributed by atoms with E-state index in [0.717, 1.165) is 44.4 Å². The van der Waals surface area contributed by atoms with Crippen molar-refractivity contribution in [1.29, 1.82) is 0 Å². The van der Waals surface area contributed by atoms with Crippen LogP contribution in [0.15, 0.2) is 12.2 Å². The van der Waals surface area contributed by atoms with Crippen molar-refractivity contribution < 1.29 is 44.3 Å². The van der Waals surface area contributed by atoms with E-state index in [-0.39, 0.29) is 50.4 Å². The summed E-state index contributed by atoms with van der Waals surface area (Å²) in [7, 11) is 0. The molecule has 57 heavy (non-hydrogen) atoms. The fourth-order valence-electron chi connectivity index (χ4n) is 8.00. The minimum absolute atomic E-state index is 0.0408. The number of aliphatic hydroxyl groups is 4. The zero-order chi connectivity index (χ0) is 41.9. The average molecular weight is 809 g/mol. The molecule has 1 aliphatic carbocycles. The number of carbonyl (C=O) groups is 3. The highest BCUT2D eigenvalue weighted by atomic mass is 16.6. The standard InChI is InChI=1S/C48H88O9/c1-4-6-23-29-40(50)33-34-43-44(46(53)36-45(43)52)35-41(51)30-26-27-31-47(54)56-38-42(37-49)57-48(55)32-25-22-20-18-16-14-12-10-8-7-9-11-13-15-17-19-21-24-28-39(3)5-2/h33-34,39-40,42-46,49-50,52-53H,4-32,35-38H2,1-3H3/b34-33+/t39?,40-,42-,43+,44+,45+,46-/m0/s1. The molecule has 0 bridgehead atoms. The SMILES string of the molecule is CCCCC[C@H](O)/C=C/[C@@H]1[C@@H](CC(=O)CCCCC(=O)OC[C@H](CO)OC(=O)CCCCCCCCCCCCCCCCCCCCC(C)CC)[C@@H](O)C[C@H]1O. The lowest BCUT2D eigenvalue weighted by atomic mass is 9.87. The Morgan fingerprint density at radius 1 is 0.649 bits per heavy atom. The van der Waals surface area contributed by atoms with Crippen molar-refractivity contribution in [3.63, 3.8) is 0 Å². The van der Waals surface area contributed by atoms with Crippen molar-refractivity contribution in [2.45, 2.75) is 244 Å². The molecule has 1 unspecified atom stereocenters.